The van der Waals surface area contributed by atoms with Crippen LogP contribution in [0.4, 0.5) is 5.69 Å². The van der Waals surface area contributed by atoms with E-state index in [-0.39, 0.29) is 5.91 Å². The van der Waals surface area contributed by atoms with Gasteiger partial charge in [-0.25, -0.2) is 4.98 Å². The molecule has 0 aliphatic carbocycles. The maximum absolute atomic E-state index is 12.1. The molecule has 1 heterocycles. The van der Waals surface area contributed by atoms with Gasteiger partial charge in [0.1, 0.15) is 11.4 Å². The van der Waals surface area contributed by atoms with Crippen LogP contribution in [-0.4, -0.2) is 31.1 Å². The molecule has 5 heteroatoms. The van der Waals surface area contributed by atoms with Crippen molar-refractivity contribution in [1.29, 1.82) is 0 Å². The molecule has 0 aliphatic heterocycles. The van der Waals surface area contributed by atoms with Crippen LogP contribution in [0.2, 0.25) is 0 Å². The van der Waals surface area contributed by atoms with Gasteiger partial charge in [-0.3, -0.25) is 4.79 Å². The van der Waals surface area contributed by atoms with Gasteiger partial charge in [0, 0.05) is 13.1 Å². The highest BCUT2D eigenvalue weighted by atomic mass is 16.5. The molecule has 0 aliphatic rings. The van der Waals surface area contributed by atoms with Crippen molar-refractivity contribution < 1.29 is 9.53 Å². The lowest BCUT2D eigenvalue weighted by atomic mass is 10.1. The largest absolute Gasteiger partial charge is 0.496 e. The van der Waals surface area contributed by atoms with Crippen molar-refractivity contribution in [1.82, 2.24) is 10.3 Å². The predicted octanol–water partition coefficient (Wildman–Crippen LogP) is 2.66. The fourth-order valence-electron chi connectivity index (χ4n) is 2.13. The van der Waals surface area contributed by atoms with Gasteiger partial charge in [0.15, 0.2) is 0 Å². The number of hydrogen-bond donors (Lipinski definition) is 2. The third kappa shape index (κ3) is 4.85. The quantitative estimate of drug-likeness (QED) is 0.736. The van der Waals surface area contributed by atoms with Gasteiger partial charge in [-0.2, -0.15) is 0 Å². The Bertz CT molecular complexity index is 654. The van der Waals surface area contributed by atoms with Crippen LogP contribution in [0.1, 0.15) is 16.1 Å². The zero-order valence-corrected chi connectivity index (χ0v) is 13.2. The number of nitrogens with zero attached hydrogens (tertiary/aromatic N) is 1. The fraction of sp³-hybridized carbons (Fsp3) is 0.222. The van der Waals surface area contributed by atoms with Crippen LogP contribution >= 0.6 is 0 Å². The molecule has 0 atom stereocenters. The summed E-state index contributed by atoms with van der Waals surface area (Å²) < 4.78 is 5.29. The van der Waals surface area contributed by atoms with E-state index in [1.165, 1.54) is 0 Å². The van der Waals surface area contributed by atoms with E-state index in [0.717, 1.165) is 17.0 Å². The SMILES string of the molecule is C=CCNc1ccc(C(=O)NCCc2ccccc2OC)nc1. The molecular weight excluding hydrogens is 290 g/mol. The van der Waals surface area contributed by atoms with Crippen molar-refractivity contribution >= 4 is 11.6 Å². The third-order valence-electron chi connectivity index (χ3n) is 3.32. The first-order chi connectivity index (χ1) is 11.2. The number of anilines is 1. The zero-order valence-electron chi connectivity index (χ0n) is 13.2. The summed E-state index contributed by atoms with van der Waals surface area (Å²) in [6.45, 7) is 4.82. The minimum Gasteiger partial charge on any atom is -0.496 e. The average molecular weight is 311 g/mol. The van der Waals surface area contributed by atoms with Gasteiger partial charge in [0.25, 0.3) is 5.91 Å². The van der Waals surface area contributed by atoms with Crippen molar-refractivity contribution in [3.8, 4) is 5.75 Å². The Balaban J connectivity index is 1.86. The Labute approximate surface area is 136 Å². The highest BCUT2D eigenvalue weighted by Crippen LogP contribution is 2.17. The molecule has 23 heavy (non-hydrogen) atoms. The second-order valence-electron chi connectivity index (χ2n) is 4.92. The lowest BCUT2D eigenvalue weighted by molar-refractivity contribution is 0.0949. The van der Waals surface area contributed by atoms with Gasteiger partial charge >= 0.3 is 0 Å². The number of rotatable bonds is 8. The Morgan fingerprint density at radius 2 is 2.13 bits per heavy atom. The molecule has 2 N–H and O–H groups in total. The van der Waals surface area contributed by atoms with E-state index in [1.807, 2.05) is 30.3 Å². The molecule has 1 aromatic heterocycles. The van der Waals surface area contributed by atoms with Gasteiger partial charge in [0.2, 0.25) is 0 Å². The summed E-state index contributed by atoms with van der Waals surface area (Å²) >= 11 is 0. The number of ether oxygens (including phenoxy) is 1. The first-order valence-electron chi connectivity index (χ1n) is 7.45. The van der Waals surface area contributed by atoms with E-state index in [9.17, 15) is 4.79 Å². The van der Waals surface area contributed by atoms with Gasteiger partial charge < -0.3 is 15.4 Å². The van der Waals surface area contributed by atoms with Crippen LogP contribution < -0.4 is 15.4 Å². The highest BCUT2D eigenvalue weighted by Gasteiger charge is 2.07. The number of amides is 1. The van der Waals surface area contributed by atoms with E-state index in [2.05, 4.69) is 22.2 Å². The maximum Gasteiger partial charge on any atom is 0.269 e. The second-order valence-corrected chi connectivity index (χ2v) is 4.92. The molecule has 0 bridgehead atoms. The lowest BCUT2D eigenvalue weighted by Gasteiger charge is -2.09. The lowest BCUT2D eigenvalue weighted by Crippen LogP contribution is -2.26. The second kappa shape index (κ2) is 8.58. The molecule has 0 unspecified atom stereocenters. The molecule has 0 spiro atoms. The topological polar surface area (TPSA) is 63.2 Å². The van der Waals surface area contributed by atoms with Crippen LogP contribution in [0.3, 0.4) is 0 Å². The standard InChI is InChI=1S/C18H21N3O2/c1-3-11-19-15-8-9-16(21-13-15)18(22)20-12-10-14-6-4-5-7-17(14)23-2/h3-9,13,19H,1,10-12H2,2H3,(H,20,22). The first kappa shape index (κ1) is 16.5. The number of nitrogens with one attached hydrogen (secondary N) is 2. The van der Waals surface area contributed by atoms with Crippen molar-refractivity contribution in [2.24, 2.45) is 0 Å². The maximum atomic E-state index is 12.1. The van der Waals surface area contributed by atoms with Crippen LogP contribution in [0.5, 0.6) is 5.75 Å². The normalized spacial score (nSPS) is 9.96. The highest BCUT2D eigenvalue weighted by molar-refractivity contribution is 5.92. The van der Waals surface area contributed by atoms with E-state index in [0.29, 0.717) is 25.2 Å². The van der Waals surface area contributed by atoms with Gasteiger partial charge in [-0.1, -0.05) is 24.3 Å². The van der Waals surface area contributed by atoms with E-state index in [1.54, 1.807) is 25.4 Å². The van der Waals surface area contributed by atoms with Crippen molar-refractivity contribution in [2.45, 2.75) is 6.42 Å². The molecule has 0 saturated carbocycles. The number of aromatic nitrogens is 1. The minimum atomic E-state index is -0.185. The number of pyridine rings is 1. The number of methoxy groups -OCH3 is 1. The van der Waals surface area contributed by atoms with E-state index < -0.39 is 0 Å². The molecular formula is C18H21N3O2. The zero-order chi connectivity index (χ0) is 16.5. The Morgan fingerprint density at radius 1 is 1.30 bits per heavy atom. The molecule has 1 aromatic carbocycles. The third-order valence-corrected chi connectivity index (χ3v) is 3.32. The summed E-state index contributed by atoms with van der Waals surface area (Å²) in [4.78, 5) is 16.2. The van der Waals surface area contributed by atoms with Crippen LogP contribution in [0.15, 0.2) is 55.3 Å². The van der Waals surface area contributed by atoms with Crippen LogP contribution in [-0.2, 0) is 6.42 Å². The fourth-order valence-corrected chi connectivity index (χ4v) is 2.13. The van der Waals surface area contributed by atoms with Crippen molar-refractivity contribution in [3.05, 3.63) is 66.5 Å². The van der Waals surface area contributed by atoms with Crippen molar-refractivity contribution in [3.63, 3.8) is 0 Å². The summed E-state index contributed by atoms with van der Waals surface area (Å²) in [5.41, 5.74) is 2.32. The van der Waals surface area contributed by atoms with E-state index in [4.69, 9.17) is 4.74 Å². The molecule has 5 nitrogen and oxygen atoms in total. The summed E-state index contributed by atoms with van der Waals surface area (Å²) in [5.74, 6) is 0.646. The molecule has 120 valence electrons. The molecule has 0 saturated heterocycles. The summed E-state index contributed by atoms with van der Waals surface area (Å²) in [7, 11) is 1.64. The first-order valence-corrected chi connectivity index (χ1v) is 7.45. The number of carbonyl (C=O) groups excluding carboxylic acids is 1. The summed E-state index contributed by atoms with van der Waals surface area (Å²) in [6, 6.07) is 11.3. The number of para-hydroxylation sites is 1. The van der Waals surface area contributed by atoms with Crippen molar-refractivity contribution in [2.75, 3.05) is 25.5 Å². The monoisotopic (exact) mass is 311 g/mol. The molecule has 1 amide bonds. The number of benzene rings is 1. The summed E-state index contributed by atoms with van der Waals surface area (Å²) in [5, 5.41) is 5.98. The molecule has 2 aromatic rings. The smallest absolute Gasteiger partial charge is 0.269 e. The Morgan fingerprint density at radius 3 is 2.83 bits per heavy atom. The van der Waals surface area contributed by atoms with Crippen LogP contribution in [0.25, 0.3) is 0 Å². The van der Waals surface area contributed by atoms with Gasteiger partial charge in [0.05, 0.1) is 19.0 Å². The summed E-state index contributed by atoms with van der Waals surface area (Å²) in [6.07, 6.45) is 4.10. The molecule has 2 rings (SSSR count). The number of hydrogen-bond acceptors (Lipinski definition) is 4. The Kier molecular flexibility index (Phi) is 6.17. The predicted molar refractivity (Wildman–Crippen MR) is 92.0 cm³/mol. The van der Waals surface area contributed by atoms with Gasteiger partial charge in [-0.05, 0) is 30.2 Å². The van der Waals surface area contributed by atoms with Gasteiger partial charge in [-0.15, -0.1) is 6.58 Å². The molecule has 0 fully saturated rings. The van der Waals surface area contributed by atoms with Crippen LogP contribution in [0, 0.1) is 0 Å². The molecule has 0 radical (unpaired) electrons. The van der Waals surface area contributed by atoms with E-state index >= 15 is 0 Å². The number of carbonyl (C=O) groups is 1. The average Bonchev–Trinajstić information content (AvgIpc) is 2.60. The Hall–Kier alpha value is -2.82. The minimum absolute atomic E-state index is 0.185.